The van der Waals surface area contributed by atoms with Crippen LogP contribution in [-0.2, 0) is 4.79 Å². The Morgan fingerprint density at radius 3 is 2.57 bits per heavy atom. The smallest absolute Gasteiger partial charge is 0.283 e. The number of aryl methyl sites for hydroxylation is 3. The summed E-state index contributed by atoms with van der Waals surface area (Å²) >= 11 is 1.42. The van der Waals surface area contributed by atoms with Gasteiger partial charge in [-0.25, -0.2) is 0 Å². The van der Waals surface area contributed by atoms with Crippen LogP contribution in [0.2, 0.25) is 0 Å². The van der Waals surface area contributed by atoms with Crippen molar-refractivity contribution in [3.8, 4) is 5.69 Å². The van der Waals surface area contributed by atoms with E-state index in [2.05, 4.69) is 54.6 Å². The lowest BCUT2D eigenvalue weighted by Crippen LogP contribution is -2.35. The fraction of sp³-hybridized carbons (Fsp3) is 0.227. The topological polar surface area (TPSA) is 61.5 Å². The first-order valence-electron chi connectivity index (χ1n) is 9.12. The number of hydrogen-bond acceptors (Lipinski definition) is 3. The Hall–Kier alpha value is -2.86. The second-order valence-electron chi connectivity index (χ2n) is 7.27. The van der Waals surface area contributed by atoms with Gasteiger partial charge in [0.25, 0.3) is 5.91 Å². The van der Waals surface area contributed by atoms with E-state index >= 15 is 0 Å². The Balaban J connectivity index is 1.79. The molecule has 0 fully saturated rings. The van der Waals surface area contributed by atoms with Crippen LogP contribution in [0.4, 0.5) is 0 Å². The highest BCUT2D eigenvalue weighted by Crippen LogP contribution is 2.33. The largest absolute Gasteiger partial charge is 0.318 e. The van der Waals surface area contributed by atoms with Crippen molar-refractivity contribution in [1.82, 2.24) is 9.47 Å². The quantitative estimate of drug-likeness (QED) is 0.744. The van der Waals surface area contributed by atoms with Gasteiger partial charge in [-0.2, -0.15) is 4.99 Å². The van der Waals surface area contributed by atoms with Crippen LogP contribution in [0.15, 0.2) is 45.9 Å². The normalized spacial score (nSPS) is 17.9. The summed E-state index contributed by atoms with van der Waals surface area (Å²) in [6.07, 6.45) is 3.64. The molecule has 0 unspecified atom stereocenters. The number of benzene rings is 1. The number of thioether (sulfide) groups is 1. The number of hydrogen-bond donors (Lipinski definition) is 1. The SMILES string of the molecule is CC1=CN2C(=N)C(=Cc3cc(C)n(-c4ccc(C)cc4C)c3C)C(=O)N=C2S1. The zero-order chi connectivity index (χ0) is 20.2. The lowest BCUT2D eigenvalue weighted by molar-refractivity contribution is -0.114. The van der Waals surface area contributed by atoms with Crippen LogP contribution in [-0.4, -0.2) is 26.4 Å². The number of carbonyl (C=O) groups is 1. The maximum Gasteiger partial charge on any atom is 0.283 e. The van der Waals surface area contributed by atoms with E-state index in [0.717, 1.165) is 27.5 Å². The molecule has 1 N–H and O–H groups in total. The van der Waals surface area contributed by atoms with Gasteiger partial charge in [0.15, 0.2) is 5.17 Å². The van der Waals surface area contributed by atoms with Crippen molar-refractivity contribution in [1.29, 1.82) is 5.41 Å². The third-order valence-electron chi connectivity index (χ3n) is 5.06. The molecule has 1 amide bonds. The van der Waals surface area contributed by atoms with E-state index in [1.807, 2.05) is 20.0 Å². The summed E-state index contributed by atoms with van der Waals surface area (Å²) in [4.78, 5) is 19.4. The van der Waals surface area contributed by atoms with E-state index in [4.69, 9.17) is 5.41 Å². The highest BCUT2D eigenvalue weighted by Gasteiger charge is 2.33. The minimum atomic E-state index is -0.358. The van der Waals surface area contributed by atoms with E-state index in [-0.39, 0.29) is 11.7 Å². The number of rotatable bonds is 2. The van der Waals surface area contributed by atoms with Crippen molar-refractivity contribution in [3.63, 3.8) is 0 Å². The van der Waals surface area contributed by atoms with Gasteiger partial charge in [-0.15, -0.1) is 0 Å². The third-order valence-corrected chi connectivity index (χ3v) is 5.95. The van der Waals surface area contributed by atoms with Gasteiger partial charge in [0.2, 0.25) is 0 Å². The molecular formula is C22H22N4OS. The molecule has 0 radical (unpaired) electrons. The maximum atomic E-state index is 12.6. The summed E-state index contributed by atoms with van der Waals surface area (Å²) in [6, 6.07) is 8.46. The van der Waals surface area contributed by atoms with Crippen LogP contribution in [0.1, 0.15) is 35.0 Å². The first-order valence-corrected chi connectivity index (χ1v) is 9.93. The molecule has 142 valence electrons. The Morgan fingerprint density at radius 1 is 1.11 bits per heavy atom. The van der Waals surface area contributed by atoms with Crippen LogP contribution >= 0.6 is 11.8 Å². The molecule has 2 aliphatic rings. The van der Waals surface area contributed by atoms with Gasteiger partial charge in [-0.1, -0.05) is 29.5 Å². The van der Waals surface area contributed by atoms with Crippen molar-refractivity contribution in [2.24, 2.45) is 4.99 Å². The van der Waals surface area contributed by atoms with Gasteiger partial charge in [0, 0.05) is 28.2 Å². The minimum Gasteiger partial charge on any atom is -0.318 e. The summed E-state index contributed by atoms with van der Waals surface area (Å²) in [5.74, 6) is -0.182. The molecule has 0 atom stereocenters. The summed E-state index contributed by atoms with van der Waals surface area (Å²) in [7, 11) is 0. The number of aliphatic imine (C=N–C) groups is 1. The number of amidine groups is 2. The summed E-state index contributed by atoms with van der Waals surface area (Å²) < 4.78 is 2.20. The van der Waals surface area contributed by atoms with Crippen molar-refractivity contribution in [3.05, 3.63) is 69.0 Å². The number of allylic oxidation sites excluding steroid dienone is 1. The number of fused-ring (bicyclic) bond motifs is 1. The Bertz CT molecular complexity index is 1130. The van der Waals surface area contributed by atoms with Gasteiger partial charge in [-0.05, 0) is 64.0 Å². The van der Waals surface area contributed by atoms with Crippen molar-refractivity contribution >= 4 is 34.7 Å². The van der Waals surface area contributed by atoms with Crippen LogP contribution in [0.5, 0.6) is 0 Å². The van der Waals surface area contributed by atoms with E-state index in [9.17, 15) is 4.79 Å². The fourth-order valence-corrected chi connectivity index (χ4v) is 4.53. The number of aromatic nitrogens is 1. The number of amides is 1. The van der Waals surface area contributed by atoms with Gasteiger partial charge >= 0.3 is 0 Å². The van der Waals surface area contributed by atoms with Crippen LogP contribution in [0.25, 0.3) is 11.8 Å². The number of carbonyl (C=O) groups excluding carboxylic acids is 1. The molecule has 0 spiro atoms. The Labute approximate surface area is 169 Å². The maximum absolute atomic E-state index is 12.6. The predicted molar refractivity (Wildman–Crippen MR) is 116 cm³/mol. The zero-order valence-corrected chi connectivity index (χ0v) is 17.4. The Kier molecular flexibility index (Phi) is 4.38. The van der Waals surface area contributed by atoms with Crippen molar-refractivity contribution < 1.29 is 4.79 Å². The standard InChI is InChI=1S/C22H22N4OS/c1-12-6-7-19(13(2)8-12)26-14(3)9-17(16(26)5)10-18-20(23)25-11-15(4)28-22(25)24-21(18)27/h6-11,23H,1-5H3. The summed E-state index contributed by atoms with van der Waals surface area (Å²) in [6.45, 7) is 10.2. The van der Waals surface area contributed by atoms with Crippen LogP contribution in [0.3, 0.4) is 0 Å². The minimum absolute atomic E-state index is 0.177. The highest BCUT2D eigenvalue weighted by molar-refractivity contribution is 8.17. The second-order valence-corrected chi connectivity index (χ2v) is 8.48. The average Bonchev–Trinajstić information content (AvgIpc) is 3.12. The molecule has 3 heterocycles. The van der Waals surface area contributed by atoms with Gasteiger partial charge in [0.1, 0.15) is 5.84 Å². The van der Waals surface area contributed by atoms with E-state index in [1.54, 1.807) is 11.0 Å². The number of nitrogens with one attached hydrogen (secondary N) is 1. The van der Waals surface area contributed by atoms with Crippen molar-refractivity contribution in [2.45, 2.75) is 34.6 Å². The molecule has 2 aromatic rings. The van der Waals surface area contributed by atoms with E-state index in [0.29, 0.717) is 10.7 Å². The summed E-state index contributed by atoms with van der Waals surface area (Å²) in [5, 5.41) is 9.05. The highest BCUT2D eigenvalue weighted by atomic mass is 32.2. The molecule has 0 bridgehead atoms. The molecule has 28 heavy (non-hydrogen) atoms. The first kappa shape index (κ1) is 18.5. The predicted octanol–water partition coefficient (Wildman–Crippen LogP) is 4.88. The van der Waals surface area contributed by atoms with Gasteiger partial charge in [-0.3, -0.25) is 15.1 Å². The molecule has 1 aromatic carbocycles. The monoisotopic (exact) mass is 390 g/mol. The average molecular weight is 391 g/mol. The van der Waals surface area contributed by atoms with Crippen LogP contribution < -0.4 is 0 Å². The molecule has 0 saturated heterocycles. The van der Waals surface area contributed by atoms with Crippen molar-refractivity contribution in [2.75, 3.05) is 0 Å². The lowest BCUT2D eigenvalue weighted by atomic mass is 10.1. The zero-order valence-electron chi connectivity index (χ0n) is 16.6. The molecule has 1 aromatic heterocycles. The Morgan fingerprint density at radius 2 is 1.86 bits per heavy atom. The second kappa shape index (κ2) is 6.63. The fourth-order valence-electron chi connectivity index (χ4n) is 3.72. The molecule has 0 aliphatic carbocycles. The molecule has 5 nitrogen and oxygen atoms in total. The third kappa shape index (κ3) is 2.94. The molecule has 4 rings (SSSR count). The van der Waals surface area contributed by atoms with Gasteiger partial charge < -0.3 is 4.57 Å². The molecule has 6 heteroatoms. The number of nitrogens with zero attached hydrogens (tertiary/aromatic N) is 3. The summed E-state index contributed by atoms with van der Waals surface area (Å²) in [5.41, 5.74) is 6.93. The van der Waals surface area contributed by atoms with Crippen LogP contribution in [0, 0.1) is 33.1 Å². The first-order chi connectivity index (χ1) is 13.3. The molecule has 2 aliphatic heterocycles. The molecule has 0 saturated carbocycles. The van der Waals surface area contributed by atoms with E-state index < -0.39 is 0 Å². The molecular weight excluding hydrogens is 368 g/mol. The lowest BCUT2D eigenvalue weighted by Gasteiger charge is -2.22. The van der Waals surface area contributed by atoms with Gasteiger partial charge in [0.05, 0.1) is 5.57 Å². The van der Waals surface area contributed by atoms with E-state index in [1.165, 1.54) is 22.9 Å².